The van der Waals surface area contributed by atoms with E-state index in [1.807, 2.05) is 4.90 Å². The molecule has 1 N–H and O–H groups in total. The highest BCUT2D eigenvalue weighted by Gasteiger charge is 2.18. The monoisotopic (exact) mass is 232 g/mol. The van der Waals surface area contributed by atoms with Gasteiger partial charge in [0.05, 0.1) is 0 Å². The van der Waals surface area contributed by atoms with Crippen molar-refractivity contribution in [2.24, 2.45) is 0 Å². The van der Waals surface area contributed by atoms with E-state index in [2.05, 4.69) is 5.32 Å². The number of carbonyl (C=O) groups excluding carboxylic acids is 2. The number of benzene rings is 1. The molecule has 1 heterocycles. The van der Waals surface area contributed by atoms with E-state index in [1.165, 1.54) is 6.92 Å². The van der Waals surface area contributed by atoms with E-state index in [0.29, 0.717) is 11.1 Å². The molecule has 0 saturated carbocycles. The second-order valence-corrected chi connectivity index (χ2v) is 4.18. The summed E-state index contributed by atoms with van der Waals surface area (Å²) >= 11 is 0. The Bertz CT molecular complexity index is 437. The maximum Gasteiger partial charge on any atom is 0.253 e. The Hall–Kier alpha value is -1.68. The number of nitrogens with one attached hydrogen (secondary N) is 1. The predicted octanol–water partition coefficient (Wildman–Crippen LogP) is 0.935. The molecule has 0 spiro atoms. The Kier molecular flexibility index (Phi) is 3.54. The minimum Gasteiger partial charge on any atom is -0.336 e. The average Bonchev–Trinajstić information content (AvgIpc) is 2.39. The molecule has 0 atom stereocenters. The number of piperazine rings is 1. The summed E-state index contributed by atoms with van der Waals surface area (Å²) in [4.78, 5) is 25.2. The third kappa shape index (κ3) is 2.71. The topological polar surface area (TPSA) is 49.4 Å². The van der Waals surface area contributed by atoms with Crippen LogP contribution in [0.3, 0.4) is 0 Å². The van der Waals surface area contributed by atoms with Crippen molar-refractivity contribution >= 4 is 11.7 Å². The maximum absolute atomic E-state index is 12.2. The first-order valence-electron chi connectivity index (χ1n) is 5.79. The Morgan fingerprint density at radius 2 is 1.82 bits per heavy atom. The van der Waals surface area contributed by atoms with Gasteiger partial charge in [0, 0.05) is 37.3 Å². The highest BCUT2D eigenvalue weighted by atomic mass is 16.2. The summed E-state index contributed by atoms with van der Waals surface area (Å²) in [5.41, 5.74) is 1.19. The van der Waals surface area contributed by atoms with E-state index < -0.39 is 0 Å². The molecule has 0 aliphatic carbocycles. The van der Waals surface area contributed by atoms with Crippen molar-refractivity contribution in [1.82, 2.24) is 10.2 Å². The van der Waals surface area contributed by atoms with Crippen LogP contribution in [0, 0.1) is 0 Å². The summed E-state index contributed by atoms with van der Waals surface area (Å²) in [6, 6.07) is 6.92. The van der Waals surface area contributed by atoms with Crippen molar-refractivity contribution < 1.29 is 9.59 Å². The van der Waals surface area contributed by atoms with Gasteiger partial charge in [-0.15, -0.1) is 0 Å². The summed E-state index contributed by atoms with van der Waals surface area (Å²) in [6.45, 7) is 4.62. The fraction of sp³-hybridized carbons (Fsp3) is 0.385. The highest BCUT2D eigenvalue weighted by Crippen LogP contribution is 2.09. The van der Waals surface area contributed by atoms with Gasteiger partial charge in [-0.1, -0.05) is 12.1 Å². The summed E-state index contributed by atoms with van der Waals surface area (Å²) in [6.07, 6.45) is 0. The molecular weight excluding hydrogens is 216 g/mol. The molecule has 0 radical (unpaired) electrons. The molecule has 1 aromatic carbocycles. The zero-order valence-corrected chi connectivity index (χ0v) is 9.90. The van der Waals surface area contributed by atoms with Crippen molar-refractivity contribution in [2.45, 2.75) is 6.92 Å². The average molecular weight is 232 g/mol. The van der Waals surface area contributed by atoms with E-state index in [0.717, 1.165) is 26.2 Å². The van der Waals surface area contributed by atoms with Crippen LogP contribution in [-0.2, 0) is 0 Å². The zero-order chi connectivity index (χ0) is 12.3. The van der Waals surface area contributed by atoms with Crippen LogP contribution in [0.25, 0.3) is 0 Å². The molecule has 1 aliphatic heterocycles. The van der Waals surface area contributed by atoms with Gasteiger partial charge in [0.15, 0.2) is 5.78 Å². The molecular formula is C13H16N2O2. The largest absolute Gasteiger partial charge is 0.336 e. The van der Waals surface area contributed by atoms with Gasteiger partial charge in [0.25, 0.3) is 5.91 Å². The number of carbonyl (C=O) groups is 2. The molecule has 0 unspecified atom stereocenters. The van der Waals surface area contributed by atoms with E-state index in [4.69, 9.17) is 0 Å². The molecule has 0 aromatic heterocycles. The molecule has 17 heavy (non-hydrogen) atoms. The van der Waals surface area contributed by atoms with Crippen molar-refractivity contribution in [3.8, 4) is 0 Å². The Balaban J connectivity index is 2.18. The first-order valence-corrected chi connectivity index (χ1v) is 5.79. The molecule has 90 valence electrons. The van der Waals surface area contributed by atoms with Crippen molar-refractivity contribution in [2.75, 3.05) is 26.2 Å². The van der Waals surface area contributed by atoms with Gasteiger partial charge in [0.1, 0.15) is 0 Å². The lowest BCUT2D eigenvalue weighted by Gasteiger charge is -2.27. The van der Waals surface area contributed by atoms with Crippen molar-refractivity contribution in [3.63, 3.8) is 0 Å². The van der Waals surface area contributed by atoms with Gasteiger partial charge < -0.3 is 10.2 Å². The first kappa shape index (κ1) is 11.8. The predicted molar refractivity (Wildman–Crippen MR) is 65.2 cm³/mol. The SMILES string of the molecule is CC(=O)c1cccc(C(=O)N2CCNCC2)c1. The number of hydrogen-bond donors (Lipinski definition) is 1. The molecule has 4 nitrogen and oxygen atoms in total. The minimum absolute atomic E-state index is 0.00889. The Morgan fingerprint density at radius 1 is 1.18 bits per heavy atom. The van der Waals surface area contributed by atoms with Crippen LogP contribution in [0.15, 0.2) is 24.3 Å². The summed E-state index contributed by atoms with van der Waals surface area (Å²) in [7, 11) is 0. The zero-order valence-electron chi connectivity index (χ0n) is 9.90. The number of hydrogen-bond acceptors (Lipinski definition) is 3. The lowest BCUT2D eigenvalue weighted by Crippen LogP contribution is -2.46. The van der Waals surface area contributed by atoms with Crippen LogP contribution in [-0.4, -0.2) is 42.8 Å². The molecule has 1 saturated heterocycles. The van der Waals surface area contributed by atoms with E-state index in [-0.39, 0.29) is 11.7 Å². The van der Waals surface area contributed by atoms with Crippen LogP contribution < -0.4 is 5.32 Å². The number of amides is 1. The van der Waals surface area contributed by atoms with Crippen molar-refractivity contribution in [1.29, 1.82) is 0 Å². The standard InChI is InChI=1S/C13H16N2O2/c1-10(16)11-3-2-4-12(9-11)13(17)15-7-5-14-6-8-15/h2-4,9,14H,5-8H2,1H3. The van der Waals surface area contributed by atoms with Gasteiger partial charge in [-0.2, -0.15) is 0 Å². The van der Waals surface area contributed by atoms with Gasteiger partial charge >= 0.3 is 0 Å². The molecule has 2 rings (SSSR count). The Morgan fingerprint density at radius 3 is 2.47 bits per heavy atom. The summed E-state index contributed by atoms with van der Waals surface area (Å²) in [5, 5.41) is 3.20. The van der Waals surface area contributed by atoms with E-state index in [9.17, 15) is 9.59 Å². The minimum atomic E-state index is -0.0139. The highest BCUT2D eigenvalue weighted by molar-refractivity contribution is 5.99. The van der Waals surface area contributed by atoms with E-state index in [1.54, 1.807) is 24.3 Å². The van der Waals surface area contributed by atoms with Crippen LogP contribution in [0.2, 0.25) is 0 Å². The van der Waals surface area contributed by atoms with Crippen LogP contribution in [0.4, 0.5) is 0 Å². The van der Waals surface area contributed by atoms with Crippen LogP contribution >= 0.6 is 0 Å². The molecule has 1 aliphatic rings. The first-order chi connectivity index (χ1) is 8.18. The second kappa shape index (κ2) is 5.10. The van der Waals surface area contributed by atoms with Gasteiger partial charge in [0.2, 0.25) is 0 Å². The number of Topliss-reactive ketones (excluding diaryl/α,β-unsaturated/α-hetero) is 1. The molecule has 1 fully saturated rings. The Labute approximate surface area is 101 Å². The lowest BCUT2D eigenvalue weighted by molar-refractivity contribution is 0.0736. The number of nitrogens with zero attached hydrogens (tertiary/aromatic N) is 1. The van der Waals surface area contributed by atoms with Crippen LogP contribution in [0.5, 0.6) is 0 Å². The fourth-order valence-electron chi connectivity index (χ4n) is 1.92. The third-order valence-electron chi connectivity index (χ3n) is 2.92. The molecule has 1 aromatic rings. The normalized spacial score (nSPS) is 15.7. The number of ketones is 1. The quantitative estimate of drug-likeness (QED) is 0.772. The second-order valence-electron chi connectivity index (χ2n) is 4.18. The third-order valence-corrected chi connectivity index (χ3v) is 2.92. The van der Waals surface area contributed by atoms with E-state index >= 15 is 0 Å². The van der Waals surface area contributed by atoms with Gasteiger partial charge in [-0.05, 0) is 19.1 Å². The molecule has 1 amide bonds. The maximum atomic E-state index is 12.2. The van der Waals surface area contributed by atoms with Gasteiger partial charge in [-0.25, -0.2) is 0 Å². The van der Waals surface area contributed by atoms with Crippen LogP contribution in [0.1, 0.15) is 27.6 Å². The molecule has 0 bridgehead atoms. The lowest BCUT2D eigenvalue weighted by atomic mass is 10.1. The summed E-state index contributed by atoms with van der Waals surface area (Å²) < 4.78 is 0. The van der Waals surface area contributed by atoms with Crippen molar-refractivity contribution in [3.05, 3.63) is 35.4 Å². The molecule has 4 heteroatoms. The summed E-state index contributed by atoms with van der Waals surface area (Å²) in [5.74, 6) is -0.00504. The smallest absolute Gasteiger partial charge is 0.253 e. The fourth-order valence-corrected chi connectivity index (χ4v) is 1.92. The number of rotatable bonds is 2. The van der Waals surface area contributed by atoms with Gasteiger partial charge in [-0.3, -0.25) is 9.59 Å².